The minimum absolute atomic E-state index is 0.0968. The third-order valence-electron chi connectivity index (χ3n) is 5.90. The number of nitrogens with zero attached hydrogens (tertiary/aromatic N) is 3. The molecule has 2 aromatic rings. The standard InChI is InChI=1S/C21H28FN3OS/c22-19-7-2-1-6-17(19)12-21(16-26)8-5-9-24(15-21)14-18-13-23-20(27-18)25-10-3-4-11-25/h1-2,6-7,13,26H,3-5,8-12,14-16H2/t21-/m0/s1. The van der Waals surface area contributed by atoms with Crippen LogP contribution in [0, 0.1) is 11.2 Å². The smallest absolute Gasteiger partial charge is 0.185 e. The number of piperidine rings is 1. The average molecular weight is 390 g/mol. The second-order valence-corrected chi connectivity index (χ2v) is 9.14. The molecule has 1 aromatic carbocycles. The molecule has 0 amide bonds. The number of aromatic nitrogens is 1. The second kappa shape index (κ2) is 8.25. The summed E-state index contributed by atoms with van der Waals surface area (Å²) in [7, 11) is 0. The van der Waals surface area contributed by atoms with Crippen LogP contribution in [0.2, 0.25) is 0 Å². The maximum Gasteiger partial charge on any atom is 0.185 e. The number of hydrogen-bond acceptors (Lipinski definition) is 5. The number of hydrogen-bond donors (Lipinski definition) is 1. The fourth-order valence-corrected chi connectivity index (χ4v) is 5.47. The monoisotopic (exact) mass is 389 g/mol. The maximum absolute atomic E-state index is 14.1. The molecule has 0 unspecified atom stereocenters. The molecule has 1 aromatic heterocycles. The summed E-state index contributed by atoms with van der Waals surface area (Å²) in [4.78, 5) is 10.7. The lowest BCUT2D eigenvalue weighted by Crippen LogP contribution is -2.46. The first-order valence-corrected chi connectivity index (χ1v) is 10.8. The summed E-state index contributed by atoms with van der Waals surface area (Å²) in [5.74, 6) is -0.167. The van der Waals surface area contributed by atoms with Crippen LogP contribution in [-0.2, 0) is 13.0 Å². The van der Waals surface area contributed by atoms with Gasteiger partial charge in [-0.1, -0.05) is 18.2 Å². The van der Waals surface area contributed by atoms with E-state index in [4.69, 9.17) is 0 Å². The summed E-state index contributed by atoms with van der Waals surface area (Å²) in [6, 6.07) is 6.95. The Balaban J connectivity index is 1.43. The largest absolute Gasteiger partial charge is 0.396 e. The summed E-state index contributed by atoms with van der Waals surface area (Å²) < 4.78 is 14.1. The van der Waals surface area contributed by atoms with E-state index in [0.29, 0.717) is 12.0 Å². The molecule has 0 saturated carbocycles. The van der Waals surface area contributed by atoms with Gasteiger partial charge >= 0.3 is 0 Å². The lowest BCUT2D eigenvalue weighted by molar-refractivity contribution is 0.0287. The second-order valence-electron chi connectivity index (χ2n) is 8.04. The number of thiazole rings is 1. The van der Waals surface area contributed by atoms with E-state index in [-0.39, 0.29) is 17.8 Å². The molecule has 2 aliphatic heterocycles. The zero-order valence-electron chi connectivity index (χ0n) is 15.7. The van der Waals surface area contributed by atoms with Crippen molar-refractivity contribution in [3.8, 4) is 0 Å². The van der Waals surface area contributed by atoms with E-state index < -0.39 is 0 Å². The Kier molecular flexibility index (Phi) is 5.76. The van der Waals surface area contributed by atoms with Crippen LogP contribution in [0.1, 0.15) is 36.1 Å². The molecule has 146 valence electrons. The molecule has 27 heavy (non-hydrogen) atoms. The molecular formula is C21H28FN3OS. The van der Waals surface area contributed by atoms with Crippen LogP contribution in [0.15, 0.2) is 30.5 Å². The van der Waals surface area contributed by atoms with Gasteiger partial charge in [0.25, 0.3) is 0 Å². The molecule has 2 saturated heterocycles. The van der Waals surface area contributed by atoms with Gasteiger partial charge in [-0.3, -0.25) is 4.90 Å². The van der Waals surface area contributed by atoms with Gasteiger partial charge in [0, 0.05) is 42.7 Å². The molecule has 1 atom stereocenters. The number of aliphatic hydroxyl groups excluding tert-OH is 1. The first kappa shape index (κ1) is 18.8. The van der Waals surface area contributed by atoms with Crippen LogP contribution < -0.4 is 4.90 Å². The Labute approximate surface area is 164 Å². The lowest BCUT2D eigenvalue weighted by atomic mass is 9.75. The number of anilines is 1. The van der Waals surface area contributed by atoms with Gasteiger partial charge in [-0.25, -0.2) is 9.37 Å². The Morgan fingerprint density at radius 2 is 1.96 bits per heavy atom. The van der Waals surface area contributed by atoms with E-state index in [1.54, 1.807) is 17.4 Å². The van der Waals surface area contributed by atoms with Crippen LogP contribution in [-0.4, -0.2) is 47.8 Å². The van der Waals surface area contributed by atoms with Crippen LogP contribution in [0.25, 0.3) is 0 Å². The van der Waals surface area contributed by atoms with E-state index in [2.05, 4.69) is 14.8 Å². The van der Waals surface area contributed by atoms with Gasteiger partial charge in [-0.15, -0.1) is 11.3 Å². The molecule has 4 rings (SSSR count). The zero-order valence-corrected chi connectivity index (χ0v) is 16.6. The fraction of sp³-hybridized carbons (Fsp3) is 0.571. The van der Waals surface area contributed by atoms with Crippen LogP contribution in [0.3, 0.4) is 0 Å². The highest BCUT2D eigenvalue weighted by Crippen LogP contribution is 2.35. The predicted molar refractivity (Wildman–Crippen MR) is 108 cm³/mol. The summed E-state index contributed by atoms with van der Waals surface area (Å²) in [6.07, 6.45) is 7.09. The first-order chi connectivity index (χ1) is 13.2. The van der Waals surface area contributed by atoms with Crippen molar-refractivity contribution in [1.29, 1.82) is 0 Å². The third-order valence-corrected chi connectivity index (χ3v) is 6.94. The molecule has 6 heteroatoms. The summed E-state index contributed by atoms with van der Waals surface area (Å²) >= 11 is 1.79. The number of benzene rings is 1. The average Bonchev–Trinajstić information content (AvgIpc) is 3.36. The van der Waals surface area contributed by atoms with E-state index in [0.717, 1.165) is 50.7 Å². The number of aliphatic hydroxyl groups is 1. The first-order valence-electron chi connectivity index (χ1n) is 9.94. The lowest BCUT2D eigenvalue weighted by Gasteiger charge is -2.42. The SMILES string of the molecule is OC[C@]1(Cc2ccccc2F)CCCN(Cc2cnc(N3CCCC3)s2)C1. The van der Waals surface area contributed by atoms with Crippen molar-refractivity contribution in [3.63, 3.8) is 0 Å². The Morgan fingerprint density at radius 1 is 1.15 bits per heavy atom. The molecule has 2 aliphatic rings. The van der Waals surface area contributed by atoms with Crippen LogP contribution in [0.4, 0.5) is 9.52 Å². The van der Waals surface area contributed by atoms with Gasteiger partial charge in [-0.2, -0.15) is 0 Å². The zero-order chi connectivity index (χ0) is 18.7. The number of likely N-dealkylation sites (tertiary alicyclic amines) is 1. The van der Waals surface area contributed by atoms with Crippen molar-refractivity contribution < 1.29 is 9.50 Å². The Bertz CT molecular complexity index is 761. The minimum atomic E-state index is -0.261. The van der Waals surface area contributed by atoms with E-state index in [1.165, 1.54) is 23.8 Å². The molecule has 4 nitrogen and oxygen atoms in total. The Hall–Kier alpha value is -1.50. The fourth-order valence-electron chi connectivity index (χ4n) is 4.47. The summed E-state index contributed by atoms with van der Waals surface area (Å²) in [5.41, 5.74) is 0.450. The van der Waals surface area contributed by atoms with Crippen molar-refractivity contribution in [2.24, 2.45) is 5.41 Å². The number of rotatable bonds is 6. The molecule has 3 heterocycles. The van der Waals surface area contributed by atoms with E-state index >= 15 is 0 Å². The topological polar surface area (TPSA) is 39.6 Å². The minimum Gasteiger partial charge on any atom is -0.396 e. The van der Waals surface area contributed by atoms with Crippen molar-refractivity contribution in [3.05, 3.63) is 46.7 Å². The van der Waals surface area contributed by atoms with Gasteiger partial charge in [0.15, 0.2) is 5.13 Å². The molecule has 0 spiro atoms. The van der Waals surface area contributed by atoms with Gasteiger partial charge in [0.1, 0.15) is 5.82 Å². The van der Waals surface area contributed by atoms with Crippen LogP contribution >= 0.6 is 11.3 Å². The van der Waals surface area contributed by atoms with E-state index in [9.17, 15) is 9.50 Å². The van der Waals surface area contributed by atoms with Gasteiger partial charge in [0.05, 0.1) is 6.61 Å². The third kappa shape index (κ3) is 4.33. The molecule has 2 fully saturated rings. The highest BCUT2D eigenvalue weighted by molar-refractivity contribution is 7.15. The van der Waals surface area contributed by atoms with Crippen molar-refractivity contribution >= 4 is 16.5 Å². The normalized spacial score (nSPS) is 23.9. The van der Waals surface area contributed by atoms with Crippen molar-refractivity contribution in [2.75, 3.05) is 37.7 Å². The van der Waals surface area contributed by atoms with Crippen molar-refractivity contribution in [1.82, 2.24) is 9.88 Å². The molecular weight excluding hydrogens is 361 g/mol. The van der Waals surface area contributed by atoms with Crippen molar-refractivity contribution in [2.45, 2.75) is 38.6 Å². The summed E-state index contributed by atoms with van der Waals surface area (Å²) in [5, 5.41) is 11.3. The maximum atomic E-state index is 14.1. The highest BCUT2D eigenvalue weighted by Gasteiger charge is 2.36. The molecule has 0 bridgehead atoms. The van der Waals surface area contributed by atoms with Gasteiger partial charge < -0.3 is 10.0 Å². The van der Waals surface area contributed by atoms with Crippen LogP contribution in [0.5, 0.6) is 0 Å². The quantitative estimate of drug-likeness (QED) is 0.818. The predicted octanol–water partition coefficient (Wildman–Crippen LogP) is 3.70. The van der Waals surface area contributed by atoms with Gasteiger partial charge in [0.2, 0.25) is 0 Å². The molecule has 1 N–H and O–H groups in total. The Morgan fingerprint density at radius 3 is 2.74 bits per heavy atom. The molecule has 0 radical (unpaired) electrons. The molecule has 0 aliphatic carbocycles. The van der Waals surface area contributed by atoms with E-state index in [1.807, 2.05) is 18.3 Å². The summed E-state index contributed by atoms with van der Waals surface area (Å²) in [6.45, 7) is 5.02. The highest BCUT2D eigenvalue weighted by atomic mass is 32.1. The number of halogens is 1. The van der Waals surface area contributed by atoms with Gasteiger partial charge in [-0.05, 0) is 50.3 Å².